The zero-order valence-electron chi connectivity index (χ0n) is 46.5. The Morgan fingerprint density at radius 3 is 1.49 bits per heavy atom. The van der Waals surface area contributed by atoms with Crippen LogP contribution in [0, 0.1) is 16.7 Å². The van der Waals surface area contributed by atoms with E-state index in [-0.39, 0.29) is 56.3 Å². The molecule has 416 valence electrons. The van der Waals surface area contributed by atoms with Gasteiger partial charge in [-0.15, -0.1) is 0 Å². The number of ketones is 1. The van der Waals surface area contributed by atoms with E-state index < -0.39 is 113 Å². The van der Waals surface area contributed by atoms with E-state index in [0.717, 1.165) is 47.9 Å². The smallest absolute Gasteiger partial charge is 0.246 e. The summed E-state index contributed by atoms with van der Waals surface area (Å²) in [5, 5.41) is 23.6. The van der Waals surface area contributed by atoms with Crippen molar-refractivity contribution in [3.63, 3.8) is 0 Å². The number of likely N-dealkylation sites (N-methyl/N-ethyl adjacent to an activating group) is 2. The van der Waals surface area contributed by atoms with Crippen LogP contribution < -0.4 is 42.5 Å². The highest BCUT2D eigenvalue weighted by Gasteiger charge is 2.48. The van der Waals surface area contributed by atoms with Crippen molar-refractivity contribution in [1.29, 1.82) is 0 Å². The van der Waals surface area contributed by atoms with Gasteiger partial charge in [0.25, 0.3) is 0 Å². The van der Waals surface area contributed by atoms with Gasteiger partial charge in [-0.1, -0.05) is 90.1 Å². The Kier molecular flexibility index (Phi) is 19.7. The van der Waals surface area contributed by atoms with Crippen molar-refractivity contribution in [3.05, 3.63) is 70.8 Å². The number of aryl methyl sites for hydroxylation is 2. The number of carbonyl (C=O) groups is 9. The number of fused-ring (bicyclic) bond motifs is 2. The van der Waals surface area contributed by atoms with Crippen LogP contribution in [0.25, 0.3) is 0 Å². The number of rotatable bonds is 19. The number of hydrogen-bond donors (Lipinski definition) is 8. The first kappa shape index (κ1) is 59.0. The summed E-state index contributed by atoms with van der Waals surface area (Å²) < 4.78 is 0. The highest BCUT2D eigenvalue weighted by atomic mass is 16.2. The molecule has 2 aromatic carbocycles. The minimum atomic E-state index is -1.34. The monoisotopic (exact) mass is 1050 g/mol. The summed E-state index contributed by atoms with van der Waals surface area (Å²) in [6.07, 6.45) is 4.51. The second-order valence-corrected chi connectivity index (χ2v) is 23.7. The van der Waals surface area contributed by atoms with Gasteiger partial charge in [-0.2, -0.15) is 0 Å². The van der Waals surface area contributed by atoms with Crippen LogP contribution in [0.2, 0.25) is 0 Å². The Balaban J connectivity index is 1.21. The zero-order chi connectivity index (χ0) is 55.8. The second-order valence-electron chi connectivity index (χ2n) is 23.7. The topological polar surface area (TPSA) is 256 Å². The summed E-state index contributed by atoms with van der Waals surface area (Å²) in [6, 6.07) is 7.87. The van der Waals surface area contributed by atoms with Crippen LogP contribution >= 0.6 is 0 Å². The predicted octanol–water partition coefficient (Wildman–Crippen LogP) is 2.81. The lowest BCUT2D eigenvalue weighted by Crippen LogP contribution is -2.59. The molecule has 2 aliphatic heterocycles. The molecule has 2 saturated heterocycles. The third kappa shape index (κ3) is 14.6. The van der Waals surface area contributed by atoms with Gasteiger partial charge in [0.15, 0.2) is 0 Å². The predicted molar refractivity (Wildman–Crippen MR) is 288 cm³/mol. The number of carbonyl (C=O) groups excluding carboxylic acids is 9. The fraction of sp³-hybridized carbons (Fsp3) is 0.632. The average molecular weight is 1050 g/mol. The van der Waals surface area contributed by atoms with E-state index in [0.29, 0.717) is 12.8 Å². The fourth-order valence-electron chi connectivity index (χ4n) is 11.2. The van der Waals surface area contributed by atoms with Gasteiger partial charge < -0.3 is 52.3 Å². The maximum atomic E-state index is 14.7. The molecular formula is C57H84N10O9. The van der Waals surface area contributed by atoms with Gasteiger partial charge in [0.2, 0.25) is 47.3 Å². The molecule has 0 saturated carbocycles. The van der Waals surface area contributed by atoms with E-state index in [1.165, 1.54) is 16.7 Å². The average Bonchev–Trinajstić information content (AvgIpc) is 4.00. The molecule has 0 aromatic heterocycles. The lowest BCUT2D eigenvalue weighted by Gasteiger charge is -2.36. The molecule has 2 heterocycles. The Bertz CT molecular complexity index is 2490. The minimum absolute atomic E-state index is 0.0157. The highest BCUT2D eigenvalue weighted by Crippen LogP contribution is 2.35. The van der Waals surface area contributed by atoms with Crippen molar-refractivity contribution in [3.8, 4) is 0 Å². The first-order chi connectivity index (χ1) is 35.8. The van der Waals surface area contributed by atoms with Gasteiger partial charge in [-0.05, 0) is 118 Å². The van der Waals surface area contributed by atoms with Crippen molar-refractivity contribution in [2.45, 2.75) is 187 Å². The normalized spacial score (nSPS) is 23.3. The molecule has 0 radical (unpaired) electrons. The maximum Gasteiger partial charge on any atom is 0.246 e. The van der Waals surface area contributed by atoms with Crippen LogP contribution in [-0.4, -0.2) is 138 Å². The maximum absolute atomic E-state index is 14.7. The lowest BCUT2D eigenvalue weighted by atomic mass is 9.85. The summed E-state index contributed by atoms with van der Waals surface area (Å²) in [7, 11) is 3.28. The molecule has 11 atom stereocenters. The van der Waals surface area contributed by atoms with Crippen LogP contribution in [0.4, 0.5) is 0 Å². The van der Waals surface area contributed by atoms with E-state index in [1.807, 2.05) is 90.1 Å². The number of amides is 8. The van der Waals surface area contributed by atoms with Crippen LogP contribution in [0.5, 0.6) is 0 Å². The summed E-state index contributed by atoms with van der Waals surface area (Å²) in [6.45, 7) is 15.5. The Hall–Kier alpha value is -6.21. The lowest BCUT2D eigenvalue weighted by molar-refractivity contribution is -0.144. The van der Waals surface area contributed by atoms with Crippen molar-refractivity contribution < 1.29 is 43.2 Å². The molecule has 0 unspecified atom stereocenters. The van der Waals surface area contributed by atoms with Crippen molar-refractivity contribution >= 4 is 53.0 Å². The third-order valence-corrected chi connectivity index (χ3v) is 15.7. The van der Waals surface area contributed by atoms with Crippen LogP contribution in [0.1, 0.15) is 148 Å². The second kappa shape index (κ2) is 25.3. The summed E-state index contributed by atoms with van der Waals surface area (Å²) >= 11 is 0. The molecule has 8 N–H and O–H groups in total. The Morgan fingerprint density at radius 2 is 1.04 bits per heavy atom. The largest absolute Gasteiger partial charge is 0.350 e. The first-order valence-electron chi connectivity index (χ1n) is 27.2. The molecule has 2 aromatic rings. The Morgan fingerprint density at radius 1 is 0.592 bits per heavy atom. The molecule has 2 fully saturated rings. The first-order valence-corrected chi connectivity index (χ1v) is 27.2. The van der Waals surface area contributed by atoms with E-state index >= 15 is 0 Å². The number of Topliss-reactive ketones (excluding diaryl/α,β-unsaturated/α-hetero) is 1. The van der Waals surface area contributed by atoms with Gasteiger partial charge in [0.1, 0.15) is 36.0 Å². The van der Waals surface area contributed by atoms with E-state index in [4.69, 9.17) is 0 Å². The van der Waals surface area contributed by atoms with Crippen LogP contribution in [-0.2, 0) is 56.0 Å². The molecule has 4 aliphatic rings. The van der Waals surface area contributed by atoms with E-state index in [9.17, 15) is 43.2 Å². The van der Waals surface area contributed by atoms with Crippen LogP contribution in [0.3, 0.4) is 0 Å². The van der Waals surface area contributed by atoms with Crippen LogP contribution in [0.15, 0.2) is 48.5 Å². The molecule has 19 heteroatoms. The fourth-order valence-corrected chi connectivity index (χ4v) is 11.2. The molecule has 8 amide bonds. The molecule has 6 rings (SSSR count). The zero-order valence-corrected chi connectivity index (χ0v) is 46.5. The number of likely N-dealkylation sites (tertiary alicyclic amines) is 2. The Labute approximate surface area is 448 Å². The molecule has 76 heavy (non-hydrogen) atoms. The van der Waals surface area contributed by atoms with Gasteiger partial charge >= 0.3 is 0 Å². The number of benzene rings is 2. The van der Waals surface area contributed by atoms with Crippen molar-refractivity contribution in [1.82, 2.24) is 52.3 Å². The van der Waals surface area contributed by atoms with Crippen molar-refractivity contribution in [2.24, 2.45) is 16.7 Å². The molecule has 0 spiro atoms. The number of nitrogens with zero attached hydrogens (tertiary/aromatic N) is 2. The molecule has 0 bridgehead atoms. The number of nitrogens with one attached hydrogen (secondary N) is 8. The molecule has 2 aliphatic carbocycles. The minimum Gasteiger partial charge on any atom is -0.350 e. The van der Waals surface area contributed by atoms with Gasteiger partial charge in [0.05, 0.1) is 24.2 Å². The molecular weight excluding hydrogens is 969 g/mol. The highest BCUT2D eigenvalue weighted by molar-refractivity contribution is 5.97. The standard InChI is InChI=1S/C57H84N10O9/c1-32(58-10)49(70)64-47(56(4,5)6)54(75)66-30-35(27-45(66)52(73)62-42-24-16-20-36-18-12-14-22-40(36)42)26-39(69)29-44(60-34(3)68)51(72)61-38-28-46(53(74)63-43-25-17-21-37-19-13-15-23-41(37)43)67(31-38)55(76)48(57(7,8)9)65-50(71)33(2)59-11/h12-15,18-19,22-23,32-33,35,38,42-48,58-59H,16-17,20-21,24-31H2,1-11H3,(H,60,68)(H,61,72)(H,62,73)(H,63,74)(H,64,70)(H,65,71)/t32-,33-,35-,38-,42+,43+,44-,45-,46-,47+,48+/m0/s1. The molecule has 19 nitrogen and oxygen atoms in total. The summed E-state index contributed by atoms with van der Waals surface area (Å²) in [4.78, 5) is 129. The number of hydrogen-bond acceptors (Lipinski definition) is 11. The van der Waals surface area contributed by atoms with E-state index in [1.54, 1.807) is 27.9 Å². The van der Waals surface area contributed by atoms with Crippen molar-refractivity contribution in [2.75, 3.05) is 27.2 Å². The third-order valence-electron chi connectivity index (χ3n) is 15.7. The van der Waals surface area contributed by atoms with Gasteiger partial charge in [-0.3, -0.25) is 43.2 Å². The van der Waals surface area contributed by atoms with Gasteiger partial charge in [0, 0.05) is 38.9 Å². The van der Waals surface area contributed by atoms with Gasteiger partial charge in [-0.25, -0.2) is 0 Å². The SMILES string of the molecule is CN[C@@H](C)C(=O)N[C@H](C(=O)N1C[C@@H](CC(=O)C[C@H](NC(C)=O)C(=O)N[C@H]2C[C@@H](C(=O)N[C@@H]3CCCc4ccccc43)N(C(=O)[C@@H](NC(=O)[C@H](C)NC)C(C)(C)C)C2)C[C@H]1C(=O)N[C@@H]1CCCc2ccccc21)C(C)(C)C. The summed E-state index contributed by atoms with van der Waals surface area (Å²) in [5.41, 5.74) is 2.76. The summed E-state index contributed by atoms with van der Waals surface area (Å²) in [5.74, 6) is -4.70. The van der Waals surface area contributed by atoms with E-state index in [2.05, 4.69) is 42.5 Å². The quantitative estimate of drug-likeness (QED) is 0.102.